The molecule has 2 rings (SSSR count). The van der Waals surface area contributed by atoms with Gasteiger partial charge >= 0.3 is 0 Å². The van der Waals surface area contributed by atoms with Gasteiger partial charge in [0.15, 0.2) is 0 Å². The number of hydrogen-bond donors (Lipinski definition) is 2. The molecule has 0 atom stereocenters. The number of rotatable bonds is 4. The van der Waals surface area contributed by atoms with Crippen LogP contribution in [0.2, 0.25) is 0 Å². The molecule has 0 aliphatic carbocycles. The van der Waals surface area contributed by atoms with E-state index >= 15 is 0 Å². The van der Waals surface area contributed by atoms with Crippen molar-refractivity contribution in [3.05, 3.63) is 52.0 Å². The fourth-order valence-electron chi connectivity index (χ4n) is 1.69. The lowest BCUT2D eigenvalue weighted by Crippen LogP contribution is -2.14. The first kappa shape index (κ1) is 15.2. The number of aliphatic hydroxyl groups is 1. The zero-order chi connectivity index (χ0) is 15.1. The third-order valence-electron chi connectivity index (χ3n) is 2.66. The van der Waals surface area contributed by atoms with Gasteiger partial charge in [-0.05, 0) is 40.6 Å². The zero-order valence-corrected chi connectivity index (χ0v) is 12.0. The number of hydrogen-bond acceptors (Lipinski definition) is 3. The van der Waals surface area contributed by atoms with E-state index < -0.39 is 5.82 Å². The molecule has 0 aliphatic rings. The molecule has 0 bridgehead atoms. The van der Waals surface area contributed by atoms with Crippen molar-refractivity contribution in [3.63, 3.8) is 0 Å². The summed E-state index contributed by atoms with van der Waals surface area (Å²) in [4.78, 5) is 11.8. The van der Waals surface area contributed by atoms with Crippen LogP contribution in [-0.4, -0.2) is 17.6 Å². The average molecular weight is 303 g/mol. The Morgan fingerprint density at radius 2 is 2.24 bits per heavy atom. The molecule has 3 nitrogen and oxygen atoms in total. The van der Waals surface area contributed by atoms with Crippen molar-refractivity contribution in [2.75, 3.05) is 11.9 Å². The molecule has 0 fully saturated rings. The molecule has 1 amide bonds. The van der Waals surface area contributed by atoms with Crippen LogP contribution in [0.25, 0.3) is 0 Å². The molecule has 0 unspecified atom stereocenters. The lowest BCUT2D eigenvalue weighted by atomic mass is 10.1. The van der Waals surface area contributed by atoms with Gasteiger partial charge in [0.25, 0.3) is 0 Å². The maximum atomic E-state index is 13.8. The number of thiophene rings is 1. The van der Waals surface area contributed by atoms with Gasteiger partial charge in [-0.25, -0.2) is 4.39 Å². The van der Waals surface area contributed by atoms with Crippen LogP contribution >= 0.6 is 11.3 Å². The normalized spacial score (nSPS) is 9.81. The third kappa shape index (κ3) is 4.71. The summed E-state index contributed by atoms with van der Waals surface area (Å²) in [5.41, 5.74) is 1.59. The summed E-state index contributed by atoms with van der Waals surface area (Å²) in [5, 5.41) is 15.1. The highest BCUT2D eigenvalue weighted by atomic mass is 32.1. The Bertz CT molecular complexity index is 671. The summed E-state index contributed by atoms with van der Waals surface area (Å²) in [6.45, 7) is -0.0503. The molecule has 1 aromatic carbocycles. The van der Waals surface area contributed by atoms with Crippen molar-refractivity contribution in [3.8, 4) is 11.8 Å². The van der Waals surface area contributed by atoms with E-state index in [4.69, 9.17) is 5.11 Å². The van der Waals surface area contributed by atoms with E-state index in [9.17, 15) is 9.18 Å². The van der Waals surface area contributed by atoms with Crippen LogP contribution in [-0.2, 0) is 11.2 Å². The summed E-state index contributed by atoms with van der Waals surface area (Å²) in [5.74, 6) is 4.61. The molecule has 108 valence electrons. The van der Waals surface area contributed by atoms with Crippen LogP contribution in [0.4, 0.5) is 10.1 Å². The maximum Gasteiger partial charge on any atom is 0.228 e. The summed E-state index contributed by atoms with van der Waals surface area (Å²) < 4.78 is 13.8. The highest BCUT2D eigenvalue weighted by Crippen LogP contribution is 2.15. The number of benzene rings is 1. The second-order valence-electron chi connectivity index (χ2n) is 4.33. The molecule has 0 saturated heterocycles. The molecule has 5 heteroatoms. The number of amides is 1. The van der Waals surface area contributed by atoms with Crippen LogP contribution < -0.4 is 5.32 Å². The first-order valence-electron chi connectivity index (χ1n) is 6.39. The van der Waals surface area contributed by atoms with Gasteiger partial charge in [0.1, 0.15) is 5.82 Å². The van der Waals surface area contributed by atoms with Crippen molar-refractivity contribution >= 4 is 22.9 Å². The van der Waals surface area contributed by atoms with Gasteiger partial charge in [-0.15, -0.1) is 0 Å². The van der Waals surface area contributed by atoms with Gasteiger partial charge in [0.2, 0.25) is 5.91 Å². The van der Waals surface area contributed by atoms with E-state index in [0.29, 0.717) is 12.1 Å². The van der Waals surface area contributed by atoms with Gasteiger partial charge in [0, 0.05) is 12.1 Å². The van der Waals surface area contributed by atoms with Gasteiger partial charge in [0.05, 0.1) is 18.6 Å². The van der Waals surface area contributed by atoms with E-state index in [1.807, 2.05) is 16.8 Å². The Morgan fingerprint density at radius 3 is 2.90 bits per heavy atom. The monoisotopic (exact) mass is 303 g/mol. The van der Waals surface area contributed by atoms with Gasteiger partial charge in [-0.1, -0.05) is 11.8 Å². The smallest absolute Gasteiger partial charge is 0.228 e. The average Bonchev–Trinajstić information content (AvgIpc) is 2.94. The predicted molar refractivity (Wildman–Crippen MR) is 81.6 cm³/mol. The predicted octanol–water partition coefficient (Wildman–Crippen LogP) is 2.80. The highest BCUT2D eigenvalue weighted by molar-refractivity contribution is 7.08. The van der Waals surface area contributed by atoms with E-state index in [0.717, 1.165) is 5.56 Å². The lowest BCUT2D eigenvalue weighted by molar-refractivity contribution is -0.115. The van der Waals surface area contributed by atoms with Gasteiger partial charge < -0.3 is 10.4 Å². The summed E-state index contributed by atoms with van der Waals surface area (Å²) in [6.07, 6.45) is 0.571. The molecule has 0 saturated carbocycles. The maximum absolute atomic E-state index is 13.8. The standard InChI is InChI=1S/C16H14FNO2S/c17-15-10-14(5-4-13(15)3-1-2-7-19)18-16(20)9-12-6-8-21-11-12/h4-6,8,10-11,19H,2,7,9H2,(H,18,20). The van der Waals surface area contributed by atoms with Crippen LogP contribution in [0, 0.1) is 17.7 Å². The summed E-state index contributed by atoms with van der Waals surface area (Å²) in [7, 11) is 0. The summed E-state index contributed by atoms with van der Waals surface area (Å²) >= 11 is 1.53. The van der Waals surface area contributed by atoms with Gasteiger partial charge in [-0.3, -0.25) is 4.79 Å². The number of aliphatic hydroxyl groups excluding tert-OH is 1. The fourth-order valence-corrected chi connectivity index (χ4v) is 2.36. The number of halogens is 1. The molecular weight excluding hydrogens is 289 g/mol. The Labute approximate surface area is 126 Å². The number of carbonyl (C=O) groups is 1. The summed E-state index contributed by atoms with van der Waals surface area (Å²) in [6, 6.07) is 6.25. The Morgan fingerprint density at radius 1 is 1.38 bits per heavy atom. The molecule has 0 radical (unpaired) electrons. The fraction of sp³-hybridized carbons (Fsp3) is 0.188. The molecule has 2 aromatic rings. The van der Waals surface area contributed by atoms with Crippen molar-refractivity contribution in [1.82, 2.24) is 0 Å². The first-order valence-corrected chi connectivity index (χ1v) is 7.33. The number of nitrogens with one attached hydrogen (secondary N) is 1. The Balaban J connectivity index is 2.00. The van der Waals surface area contributed by atoms with E-state index in [1.165, 1.54) is 23.5 Å². The molecule has 21 heavy (non-hydrogen) atoms. The Kier molecular flexibility index (Phi) is 5.50. The SMILES string of the molecule is O=C(Cc1ccsc1)Nc1ccc(C#CCCO)c(F)c1. The first-order chi connectivity index (χ1) is 10.2. The highest BCUT2D eigenvalue weighted by Gasteiger charge is 2.06. The molecule has 2 N–H and O–H groups in total. The van der Waals surface area contributed by atoms with Crippen LogP contribution in [0.1, 0.15) is 17.5 Å². The van der Waals surface area contributed by atoms with Crippen molar-refractivity contribution in [2.45, 2.75) is 12.8 Å². The second kappa shape index (κ2) is 7.58. The second-order valence-corrected chi connectivity index (χ2v) is 5.11. The van der Waals surface area contributed by atoms with E-state index in [2.05, 4.69) is 17.2 Å². The lowest BCUT2D eigenvalue weighted by Gasteiger charge is -2.05. The minimum absolute atomic E-state index is 0.0503. The van der Waals surface area contributed by atoms with E-state index in [-0.39, 0.29) is 24.5 Å². The minimum atomic E-state index is -0.492. The van der Waals surface area contributed by atoms with Crippen LogP contribution in [0.15, 0.2) is 35.0 Å². The number of anilines is 1. The third-order valence-corrected chi connectivity index (χ3v) is 3.39. The number of carbonyl (C=O) groups excluding carboxylic acids is 1. The van der Waals surface area contributed by atoms with Crippen LogP contribution in [0.3, 0.4) is 0 Å². The largest absolute Gasteiger partial charge is 0.395 e. The van der Waals surface area contributed by atoms with Crippen molar-refractivity contribution in [1.29, 1.82) is 0 Å². The van der Waals surface area contributed by atoms with Gasteiger partial charge in [-0.2, -0.15) is 11.3 Å². The topological polar surface area (TPSA) is 49.3 Å². The van der Waals surface area contributed by atoms with Crippen LogP contribution in [0.5, 0.6) is 0 Å². The molecular formula is C16H14FNO2S. The molecule has 1 heterocycles. The van der Waals surface area contributed by atoms with Crippen molar-refractivity contribution < 1.29 is 14.3 Å². The quantitative estimate of drug-likeness (QED) is 0.853. The van der Waals surface area contributed by atoms with Crippen molar-refractivity contribution in [2.24, 2.45) is 0 Å². The molecule has 0 aliphatic heterocycles. The van der Waals surface area contributed by atoms with E-state index in [1.54, 1.807) is 6.07 Å². The Hall–Kier alpha value is -2.16. The molecule has 0 spiro atoms. The zero-order valence-electron chi connectivity index (χ0n) is 11.2. The molecule has 1 aromatic heterocycles. The minimum Gasteiger partial charge on any atom is -0.395 e.